The lowest BCUT2D eigenvalue weighted by atomic mass is 9.94. The van der Waals surface area contributed by atoms with E-state index in [2.05, 4.69) is 30.6 Å². The summed E-state index contributed by atoms with van der Waals surface area (Å²) in [4.78, 5) is 43.1. The quantitative estimate of drug-likeness (QED) is 0.270. The highest BCUT2D eigenvalue weighted by molar-refractivity contribution is 6.11. The number of ether oxygens (including phenoxy) is 1. The Balaban J connectivity index is 1.11. The topological polar surface area (TPSA) is 125 Å². The number of nitrogens with zero attached hydrogens (tertiary/aromatic N) is 4. The minimum absolute atomic E-state index is 0.148. The highest BCUT2D eigenvalue weighted by Gasteiger charge is 2.27. The second-order valence-electron chi connectivity index (χ2n) is 9.89. The molecule has 10 nitrogen and oxygen atoms in total. The number of nitrogens with one attached hydrogen (secondary N) is 3. The first-order valence-corrected chi connectivity index (χ1v) is 13.1. The summed E-state index contributed by atoms with van der Waals surface area (Å²) in [5.74, 6) is 1.26. The number of aromatic nitrogens is 4. The van der Waals surface area contributed by atoms with E-state index in [0.717, 1.165) is 46.6 Å². The van der Waals surface area contributed by atoms with Gasteiger partial charge in [-0.15, -0.1) is 0 Å². The largest absolute Gasteiger partial charge is 0.485 e. The van der Waals surface area contributed by atoms with Crippen molar-refractivity contribution in [3.05, 3.63) is 84.6 Å². The maximum atomic E-state index is 13.0. The molecule has 1 fully saturated rings. The van der Waals surface area contributed by atoms with Crippen LogP contribution in [-0.4, -0.2) is 38.3 Å². The third kappa shape index (κ3) is 4.19. The normalized spacial score (nSPS) is 15.9. The molecule has 1 saturated heterocycles. The van der Waals surface area contributed by atoms with Crippen LogP contribution in [0, 0.1) is 0 Å². The summed E-state index contributed by atoms with van der Waals surface area (Å²) in [6.45, 7) is 2.73. The average molecular weight is 532 g/mol. The number of aromatic amines is 1. The molecule has 1 unspecified atom stereocenters. The van der Waals surface area contributed by atoms with E-state index < -0.39 is 0 Å². The van der Waals surface area contributed by atoms with E-state index in [1.807, 2.05) is 48.4 Å². The Morgan fingerprint density at radius 3 is 2.83 bits per heavy atom. The molecule has 7 rings (SSSR count). The third-order valence-electron chi connectivity index (χ3n) is 7.29. The maximum Gasteiger partial charge on any atom is 0.257 e. The Hall–Kier alpha value is -5.25. The number of para-hydroxylation sites is 1. The molecular weight excluding hydrogens is 506 g/mol. The number of amides is 2. The van der Waals surface area contributed by atoms with Gasteiger partial charge in [0.05, 0.1) is 46.7 Å². The smallest absolute Gasteiger partial charge is 0.257 e. The predicted octanol–water partition coefficient (Wildman–Crippen LogP) is 5.60. The Bertz CT molecular complexity index is 1800. The number of imidazole rings is 1. The zero-order valence-electron chi connectivity index (χ0n) is 21.6. The summed E-state index contributed by atoms with van der Waals surface area (Å²) in [5, 5.41) is 6.20. The Labute approximate surface area is 229 Å². The molecule has 2 aliphatic heterocycles. The summed E-state index contributed by atoms with van der Waals surface area (Å²) in [6, 6.07) is 15.1. The van der Waals surface area contributed by atoms with Crippen molar-refractivity contribution < 1.29 is 14.3 Å². The van der Waals surface area contributed by atoms with Gasteiger partial charge in [0, 0.05) is 47.6 Å². The molecule has 0 spiro atoms. The van der Waals surface area contributed by atoms with Crippen LogP contribution < -0.4 is 20.3 Å². The van der Waals surface area contributed by atoms with E-state index in [9.17, 15) is 9.59 Å². The van der Waals surface area contributed by atoms with E-state index in [4.69, 9.17) is 4.74 Å². The summed E-state index contributed by atoms with van der Waals surface area (Å²) in [7, 11) is 0. The van der Waals surface area contributed by atoms with Gasteiger partial charge in [0.25, 0.3) is 5.91 Å². The number of hydrogen-bond donors (Lipinski definition) is 3. The van der Waals surface area contributed by atoms with Gasteiger partial charge in [0.1, 0.15) is 17.7 Å². The van der Waals surface area contributed by atoms with Gasteiger partial charge in [-0.3, -0.25) is 14.6 Å². The minimum Gasteiger partial charge on any atom is -0.485 e. The van der Waals surface area contributed by atoms with E-state index in [1.54, 1.807) is 36.9 Å². The molecule has 1 atom stereocenters. The third-order valence-corrected chi connectivity index (χ3v) is 7.29. The zero-order valence-corrected chi connectivity index (χ0v) is 21.6. The van der Waals surface area contributed by atoms with Crippen molar-refractivity contribution in [3.8, 4) is 16.9 Å². The molecule has 3 N–H and O–H groups in total. The number of carbonyl (C=O) groups is 2. The van der Waals surface area contributed by atoms with Gasteiger partial charge in [0.2, 0.25) is 5.91 Å². The number of anilines is 4. The lowest BCUT2D eigenvalue weighted by Gasteiger charge is -2.28. The van der Waals surface area contributed by atoms with Crippen molar-refractivity contribution in [1.29, 1.82) is 0 Å². The lowest BCUT2D eigenvalue weighted by Crippen LogP contribution is -2.24. The fraction of sp³-hybridized carbons (Fsp3) is 0.167. The second kappa shape index (κ2) is 9.49. The molecule has 3 aromatic heterocycles. The number of carbonyl (C=O) groups excluding carboxylic acids is 2. The molecule has 5 heterocycles. The molecule has 2 aromatic carbocycles. The Morgan fingerprint density at radius 1 is 1.05 bits per heavy atom. The van der Waals surface area contributed by atoms with Crippen LogP contribution in [0.5, 0.6) is 5.75 Å². The van der Waals surface area contributed by atoms with Gasteiger partial charge in [-0.2, -0.15) is 0 Å². The lowest BCUT2D eigenvalue weighted by molar-refractivity contribution is -0.117. The molecule has 0 saturated carbocycles. The van der Waals surface area contributed by atoms with Crippen molar-refractivity contribution in [2.24, 2.45) is 0 Å². The molecule has 0 radical (unpaired) electrons. The summed E-state index contributed by atoms with van der Waals surface area (Å²) in [5.41, 5.74) is 6.92. The van der Waals surface area contributed by atoms with Crippen LogP contribution in [0.1, 0.15) is 41.8 Å². The first-order valence-electron chi connectivity index (χ1n) is 13.1. The van der Waals surface area contributed by atoms with Gasteiger partial charge in [0.15, 0.2) is 0 Å². The highest BCUT2D eigenvalue weighted by Crippen LogP contribution is 2.44. The van der Waals surface area contributed by atoms with Gasteiger partial charge in [-0.25, -0.2) is 9.97 Å². The van der Waals surface area contributed by atoms with E-state index in [1.165, 1.54) is 0 Å². The van der Waals surface area contributed by atoms with E-state index in [-0.39, 0.29) is 17.9 Å². The molecule has 5 aromatic rings. The van der Waals surface area contributed by atoms with E-state index >= 15 is 0 Å². The van der Waals surface area contributed by atoms with Crippen LogP contribution in [0.4, 0.5) is 22.9 Å². The van der Waals surface area contributed by atoms with Crippen molar-refractivity contribution >= 4 is 45.7 Å². The van der Waals surface area contributed by atoms with Crippen LogP contribution in [-0.2, 0) is 4.79 Å². The fourth-order valence-electron chi connectivity index (χ4n) is 5.35. The summed E-state index contributed by atoms with van der Waals surface area (Å²) >= 11 is 0. The highest BCUT2D eigenvalue weighted by atomic mass is 16.5. The first-order chi connectivity index (χ1) is 19.5. The van der Waals surface area contributed by atoms with Crippen LogP contribution in [0.25, 0.3) is 22.2 Å². The molecular formula is C30H25N7O3. The standard InChI is InChI=1S/C30H25N7O3/c1-17-23-12-27(32-15-24(23)21-8-7-20(11-26(21)40-17)37-9-3-6-28(37)38)35-18-10-19(14-31-13-18)36-30(39)22-4-2-5-25-29(22)34-16-33-25/h2,4-5,7-8,10-17H,3,6,9H2,1H3,(H,32,35)(H,33,34)(H,36,39). The van der Waals surface area contributed by atoms with Crippen molar-refractivity contribution in [2.45, 2.75) is 25.9 Å². The average Bonchev–Trinajstić information content (AvgIpc) is 3.62. The van der Waals surface area contributed by atoms with Crippen LogP contribution in [0.3, 0.4) is 0 Å². The molecule has 2 amide bonds. The zero-order chi connectivity index (χ0) is 27.2. The minimum atomic E-state index is -0.261. The summed E-state index contributed by atoms with van der Waals surface area (Å²) < 4.78 is 6.27. The number of fused-ring (bicyclic) bond motifs is 4. The van der Waals surface area contributed by atoms with Crippen molar-refractivity contribution in [3.63, 3.8) is 0 Å². The van der Waals surface area contributed by atoms with Crippen LogP contribution in [0.2, 0.25) is 0 Å². The number of benzene rings is 2. The van der Waals surface area contributed by atoms with Gasteiger partial charge in [-0.1, -0.05) is 6.07 Å². The van der Waals surface area contributed by atoms with Gasteiger partial charge >= 0.3 is 0 Å². The van der Waals surface area contributed by atoms with E-state index in [0.29, 0.717) is 34.7 Å². The monoisotopic (exact) mass is 531 g/mol. The Kier molecular flexibility index (Phi) is 5.66. The second-order valence-corrected chi connectivity index (χ2v) is 9.89. The first kappa shape index (κ1) is 23.8. The maximum absolute atomic E-state index is 13.0. The SMILES string of the molecule is CC1Oc2cc(N3CCCC3=O)ccc2-c2cnc(Nc3cncc(NC(=O)c4cccc5nc[nH]c45)c3)cc21. The Morgan fingerprint density at radius 2 is 1.95 bits per heavy atom. The molecule has 0 aliphatic carbocycles. The number of H-pyrrole nitrogens is 1. The molecule has 10 heteroatoms. The van der Waals surface area contributed by atoms with Crippen molar-refractivity contribution in [2.75, 3.05) is 22.1 Å². The molecule has 0 bridgehead atoms. The number of pyridine rings is 2. The van der Waals surface area contributed by atoms with Crippen LogP contribution in [0.15, 0.2) is 73.4 Å². The summed E-state index contributed by atoms with van der Waals surface area (Å²) in [6.07, 6.45) is 7.92. The molecule has 2 aliphatic rings. The molecule has 198 valence electrons. The molecule has 40 heavy (non-hydrogen) atoms. The van der Waals surface area contributed by atoms with Crippen LogP contribution >= 0.6 is 0 Å². The fourth-order valence-corrected chi connectivity index (χ4v) is 5.35. The number of hydrogen-bond acceptors (Lipinski definition) is 7. The van der Waals surface area contributed by atoms with Gasteiger partial charge < -0.3 is 25.3 Å². The number of rotatable bonds is 5. The van der Waals surface area contributed by atoms with Gasteiger partial charge in [-0.05, 0) is 49.7 Å². The van der Waals surface area contributed by atoms with Crippen molar-refractivity contribution in [1.82, 2.24) is 19.9 Å². The predicted molar refractivity (Wildman–Crippen MR) is 152 cm³/mol.